The van der Waals surface area contributed by atoms with E-state index in [1.807, 2.05) is 24.5 Å². The van der Waals surface area contributed by atoms with E-state index in [-0.39, 0.29) is 0 Å². The van der Waals surface area contributed by atoms with E-state index in [9.17, 15) is 4.79 Å². The molecular formula is C8H10ClN3O. The molecule has 5 heteroatoms. The monoisotopic (exact) mass is 199 g/mol. The number of benzene rings is 1. The predicted molar refractivity (Wildman–Crippen MR) is 52.5 cm³/mol. The molecule has 1 aromatic carbocycles. The summed E-state index contributed by atoms with van der Waals surface area (Å²) < 4.78 is 0. The maximum atomic E-state index is 10.9. The van der Waals surface area contributed by atoms with Crippen LogP contribution in [0, 0.1) is 6.92 Å². The van der Waals surface area contributed by atoms with Gasteiger partial charge in [0, 0.05) is 0 Å². The van der Waals surface area contributed by atoms with Gasteiger partial charge >= 0.3 is 6.03 Å². The highest BCUT2D eigenvalue weighted by Crippen LogP contribution is 2.24. The molecule has 70 valence electrons. The summed E-state index contributed by atoms with van der Waals surface area (Å²) in [6.45, 7) is 1.85. The van der Waals surface area contributed by atoms with E-state index < -0.39 is 6.03 Å². The molecule has 0 unspecified atom stereocenters. The molecule has 0 saturated heterocycles. The average molecular weight is 200 g/mol. The Balaban J connectivity index is 2.93. The minimum Gasteiger partial charge on any atom is -0.305 e. The molecule has 0 atom stereocenters. The second-order valence-electron chi connectivity index (χ2n) is 2.53. The zero-order chi connectivity index (χ0) is 9.84. The lowest BCUT2D eigenvalue weighted by Crippen LogP contribution is -2.34. The van der Waals surface area contributed by atoms with Gasteiger partial charge in [0.1, 0.15) is 0 Å². The normalized spacial score (nSPS) is 9.46. The van der Waals surface area contributed by atoms with Crippen LogP contribution in [0.25, 0.3) is 0 Å². The van der Waals surface area contributed by atoms with Crippen molar-refractivity contribution in [2.75, 3.05) is 5.32 Å². The molecule has 0 bridgehead atoms. The zero-order valence-corrected chi connectivity index (χ0v) is 7.85. The van der Waals surface area contributed by atoms with Gasteiger partial charge in [-0.3, -0.25) is 5.43 Å². The number of hydrazine groups is 1. The topological polar surface area (TPSA) is 67.2 Å². The highest BCUT2D eigenvalue weighted by molar-refractivity contribution is 6.33. The van der Waals surface area contributed by atoms with E-state index in [4.69, 9.17) is 17.4 Å². The minimum atomic E-state index is -0.490. The summed E-state index contributed by atoms with van der Waals surface area (Å²) in [6.07, 6.45) is 0. The number of halogens is 1. The van der Waals surface area contributed by atoms with Gasteiger partial charge in [-0.2, -0.15) is 0 Å². The zero-order valence-electron chi connectivity index (χ0n) is 7.10. The van der Waals surface area contributed by atoms with Crippen molar-refractivity contribution >= 4 is 23.3 Å². The molecule has 2 amide bonds. The van der Waals surface area contributed by atoms with Gasteiger partial charge in [-0.25, -0.2) is 10.6 Å². The lowest BCUT2D eigenvalue weighted by atomic mass is 10.2. The predicted octanol–water partition coefficient (Wildman–Crippen LogP) is 1.64. The summed E-state index contributed by atoms with van der Waals surface area (Å²) in [7, 11) is 0. The molecule has 4 N–H and O–H groups in total. The number of hydrogen-bond donors (Lipinski definition) is 3. The quantitative estimate of drug-likeness (QED) is 0.366. The van der Waals surface area contributed by atoms with Gasteiger partial charge in [-0.1, -0.05) is 23.7 Å². The van der Waals surface area contributed by atoms with Gasteiger partial charge < -0.3 is 5.32 Å². The number of urea groups is 1. The van der Waals surface area contributed by atoms with Crippen LogP contribution >= 0.6 is 11.6 Å². The lowest BCUT2D eigenvalue weighted by molar-refractivity contribution is 0.252. The summed E-state index contributed by atoms with van der Waals surface area (Å²) in [4.78, 5) is 10.9. The summed E-state index contributed by atoms with van der Waals surface area (Å²) in [5.74, 6) is 4.91. The van der Waals surface area contributed by atoms with Crippen molar-refractivity contribution in [3.8, 4) is 0 Å². The first-order chi connectivity index (χ1) is 6.15. The molecule has 13 heavy (non-hydrogen) atoms. The maximum absolute atomic E-state index is 10.9. The van der Waals surface area contributed by atoms with Crippen LogP contribution in [0.4, 0.5) is 10.5 Å². The largest absolute Gasteiger partial charge is 0.333 e. The number of para-hydroxylation sites is 1. The van der Waals surface area contributed by atoms with Crippen molar-refractivity contribution < 1.29 is 4.79 Å². The van der Waals surface area contributed by atoms with Crippen molar-refractivity contribution in [1.82, 2.24) is 5.43 Å². The Kier molecular flexibility index (Phi) is 3.11. The van der Waals surface area contributed by atoms with Crippen molar-refractivity contribution in [2.24, 2.45) is 5.84 Å². The number of nitrogens with two attached hydrogens (primary N) is 1. The highest BCUT2D eigenvalue weighted by atomic mass is 35.5. The third-order valence-corrected chi connectivity index (χ3v) is 1.91. The van der Waals surface area contributed by atoms with Gasteiger partial charge in [0.05, 0.1) is 10.7 Å². The van der Waals surface area contributed by atoms with Crippen LogP contribution in [0.15, 0.2) is 18.2 Å². The van der Waals surface area contributed by atoms with Crippen LogP contribution in [0.5, 0.6) is 0 Å². The lowest BCUT2D eigenvalue weighted by Gasteiger charge is -2.08. The number of hydrogen-bond acceptors (Lipinski definition) is 2. The molecule has 0 aliphatic carbocycles. The van der Waals surface area contributed by atoms with E-state index in [2.05, 4.69) is 5.32 Å². The van der Waals surface area contributed by atoms with Crippen LogP contribution in [-0.2, 0) is 0 Å². The standard InChI is InChI=1S/C8H10ClN3O/c1-5-3-2-4-6(9)7(5)11-8(13)12-10/h2-4H,10H2,1H3,(H2,11,12,13). The molecule has 0 spiro atoms. The average Bonchev–Trinajstić information content (AvgIpc) is 2.11. The van der Waals surface area contributed by atoms with E-state index in [0.717, 1.165) is 5.56 Å². The van der Waals surface area contributed by atoms with Gasteiger partial charge in [0.2, 0.25) is 0 Å². The molecule has 0 aromatic heterocycles. The first kappa shape index (κ1) is 9.83. The summed E-state index contributed by atoms with van der Waals surface area (Å²) in [5, 5.41) is 3.01. The van der Waals surface area contributed by atoms with Crippen LogP contribution in [0.1, 0.15) is 5.56 Å². The summed E-state index contributed by atoms with van der Waals surface area (Å²) >= 11 is 5.85. The first-order valence-corrected chi connectivity index (χ1v) is 4.05. The Morgan fingerprint density at radius 2 is 2.23 bits per heavy atom. The fourth-order valence-electron chi connectivity index (χ4n) is 0.940. The molecule has 0 saturated carbocycles. The number of nitrogens with one attached hydrogen (secondary N) is 2. The third kappa shape index (κ3) is 2.34. The van der Waals surface area contributed by atoms with Gasteiger partial charge in [-0.15, -0.1) is 0 Å². The van der Waals surface area contributed by atoms with E-state index in [0.29, 0.717) is 10.7 Å². The molecule has 0 radical (unpaired) electrons. The fraction of sp³-hybridized carbons (Fsp3) is 0.125. The first-order valence-electron chi connectivity index (χ1n) is 3.68. The molecule has 0 heterocycles. The number of carbonyl (C=O) groups excluding carboxylic acids is 1. The maximum Gasteiger partial charge on any atom is 0.333 e. The molecule has 0 aliphatic heterocycles. The van der Waals surface area contributed by atoms with Crippen molar-refractivity contribution in [3.05, 3.63) is 28.8 Å². The molecule has 0 fully saturated rings. The van der Waals surface area contributed by atoms with Gasteiger partial charge in [-0.05, 0) is 18.6 Å². The molecule has 1 rings (SSSR count). The highest BCUT2D eigenvalue weighted by Gasteiger charge is 2.05. The van der Waals surface area contributed by atoms with Gasteiger partial charge in [0.15, 0.2) is 0 Å². The van der Waals surface area contributed by atoms with Crippen LogP contribution in [0.2, 0.25) is 5.02 Å². The molecule has 1 aromatic rings. The smallest absolute Gasteiger partial charge is 0.305 e. The number of anilines is 1. The van der Waals surface area contributed by atoms with Crippen molar-refractivity contribution in [1.29, 1.82) is 0 Å². The Morgan fingerprint density at radius 1 is 1.54 bits per heavy atom. The summed E-state index contributed by atoms with van der Waals surface area (Å²) in [5.41, 5.74) is 3.42. The van der Waals surface area contributed by atoms with E-state index in [1.165, 1.54) is 0 Å². The van der Waals surface area contributed by atoms with E-state index >= 15 is 0 Å². The second-order valence-corrected chi connectivity index (χ2v) is 2.94. The van der Waals surface area contributed by atoms with E-state index in [1.54, 1.807) is 6.07 Å². The SMILES string of the molecule is Cc1cccc(Cl)c1NC(=O)NN. The van der Waals surface area contributed by atoms with Crippen molar-refractivity contribution in [2.45, 2.75) is 6.92 Å². The number of aryl methyl sites for hydroxylation is 1. The van der Waals surface area contributed by atoms with Crippen molar-refractivity contribution in [3.63, 3.8) is 0 Å². The Morgan fingerprint density at radius 3 is 2.77 bits per heavy atom. The van der Waals surface area contributed by atoms with Crippen LogP contribution in [-0.4, -0.2) is 6.03 Å². The Labute approximate surface area is 81.0 Å². The number of carbonyl (C=O) groups is 1. The van der Waals surface area contributed by atoms with Crippen LogP contribution in [0.3, 0.4) is 0 Å². The van der Waals surface area contributed by atoms with Crippen LogP contribution < -0.4 is 16.6 Å². The Hall–Kier alpha value is -1.26. The molecular weight excluding hydrogens is 190 g/mol. The minimum absolute atomic E-state index is 0.489. The number of rotatable bonds is 1. The van der Waals surface area contributed by atoms with Gasteiger partial charge in [0.25, 0.3) is 0 Å². The second kappa shape index (κ2) is 4.11. The summed E-state index contributed by atoms with van der Waals surface area (Å²) in [6, 6.07) is 4.86. The Bertz CT molecular complexity index is 307. The number of amides is 2. The molecule has 4 nitrogen and oxygen atoms in total. The molecule has 0 aliphatic rings. The third-order valence-electron chi connectivity index (χ3n) is 1.59. The fourth-order valence-corrected chi connectivity index (χ4v) is 1.21.